The number of rotatable bonds is 12. The first-order chi connectivity index (χ1) is 27.7. The lowest BCUT2D eigenvalue weighted by Gasteiger charge is -2.24. The highest BCUT2D eigenvalue weighted by Crippen LogP contribution is 2.36. The zero-order chi connectivity index (χ0) is 39.9. The number of ether oxygens (including phenoxy) is 5. The number of carbonyl (C=O) groups is 1. The van der Waals surface area contributed by atoms with E-state index in [2.05, 4.69) is 23.3 Å². The van der Waals surface area contributed by atoms with Gasteiger partial charge in [0.25, 0.3) is 5.91 Å². The second-order valence-electron chi connectivity index (χ2n) is 14.6. The number of nitrogens with zero attached hydrogens (tertiary/aromatic N) is 2. The Morgan fingerprint density at radius 2 is 1.82 bits per heavy atom. The van der Waals surface area contributed by atoms with Crippen molar-refractivity contribution in [2.24, 2.45) is 5.92 Å². The Bertz CT molecular complexity index is 2270. The van der Waals surface area contributed by atoms with Gasteiger partial charge >= 0.3 is 0 Å². The minimum atomic E-state index is -0.622. The van der Waals surface area contributed by atoms with Gasteiger partial charge in [-0.1, -0.05) is 42.4 Å². The molecular weight excluding hydrogens is 728 g/mol. The number of methoxy groups -OCH3 is 1. The van der Waals surface area contributed by atoms with Gasteiger partial charge in [-0.2, -0.15) is 0 Å². The summed E-state index contributed by atoms with van der Waals surface area (Å²) in [5, 5.41) is 2.78. The molecule has 2 aliphatic heterocycles. The number of aromatic nitrogens is 2. The molecule has 3 aliphatic rings. The van der Waals surface area contributed by atoms with Gasteiger partial charge in [-0.3, -0.25) is 9.59 Å². The SMILES string of the molecule is CCC1=C(c2cn(CC3CCOCC3)cc(C(=O)Nc3ccc(-c4cc(-c5ccc(OC[C@H]6COCCO6)c(OC)c5)cnc4N)c(F)c3)c2=O)C=CC(C)=CC1. The molecule has 2 aromatic carbocycles. The minimum Gasteiger partial charge on any atom is -0.493 e. The summed E-state index contributed by atoms with van der Waals surface area (Å²) in [6.07, 6.45) is 14.3. The molecule has 3 N–H and O–H groups in total. The zero-order valence-corrected chi connectivity index (χ0v) is 32.6. The molecule has 1 aliphatic carbocycles. The smallest absolute Gasteiger partial charge is 0.261 e. The third-order valence-electron chi connectivity index (χ3n) is 10.7. The van der Waals surface area contributed by atoms with Gasteiger partial charge in [0.1, 0.15) is 29.9 Å². The van der Waals surface area contributed by atoms with E-state index in [-0.39, 0.29) is 34.2 Å². The molecule has 0 unspecified atom stereocenters. The van der Waals surface area contributed by atoms with Gasteiger partial charge < -0.3 is 39.3 Å². The Hall–Kier alpha value is -5.56. The summed E-state index contributed by atoms with van der Waals surface area (Å²) in [4.78, 5) is 32.5. The quantitative estimate of drug-likeness (QED) is 0.147. The van der Waals surface area contributed by atoms with Crippen molar-refractivity contribution in [3.8, 4) is 33.8 Å². The number of benzene rings is 2. The van der Waals surface area contributed by atoms with Gasteiger partial charge in [-0.15, -0.1) is 0 Å². The number of nitrogens with one attached hydrogen (secondary N) is 1. The van der Waals surface area contributed by atoms with Gasteiger partial charge in [0.05, 0.1) is 26.9 Å². The van der Waals surface area contributed by atoms with Crippen LogP contribution in [0.1, 0.15) is 55.5 Å². The lowest BCUT2D eigenvalue weighted by molar-refractivity contribution is -0.101. The van der Waals surface area contributed by atoms with Crippen LogP contribution in [0.2, 0.25) is 0 Å². The summed E-state index contributed by atoms with van der Waals surface area (Å²) < 4.78 is 46.2. The van der Waals surface area contributed by atoms with Crippen molar-refractivity contribution in [2.45, 2.75) is 52.2 Å². The van der Waals surface area contributed by atoms with Crippen molar-refractivity contribution in [2.75, 3.05) is 57.8 Å². The van der Waals surface area contributed by atoms with Gasteiger partial charge in [0.15, 0.2) is 11.5 Å². The number of allylic oxidation sites excluding steroid dienone is 6. The van der Waals surface area contributed by atoms with Crippen LogP contribution in [0.15, 0.2) is 95.2 Å². The molecule has 7 rings (SSSR count). The molecule has 4 aromatic rings. The highest BCUT2D eigenvalue weighted by molar-refractivity contribution is 6.04. The number of carbonyl (C=O) groups excluding carboxylic acids is 1. The average Bonchev–Trinajstić information content (AvgIpc) is 3.42. The fourth-order valence-corrected chi connectivity index (χ4v) is 7.37. The fourth-order valence-electron chi connectivity index (χ4n) is 7.37. The number of nitrogen functional groups attached to an aromatic ring is 1. The van der Waals surface area contributed by atoms with E-state index in [1.807, 2.05) is 42.0 Å². The average molecular weight is 777 g/mol. The van der Waals surface area contributed by atoms with E-state index in [1.54, 1.807) is 43.8 Å². The fraction of sp³-hybridized carbons (Fsp3) is 0.356. The van der Waals surface area contributed by atoms with Gasteiger partial charge in [-0.05, 0) is 86.1 Å². The van der Waals surface area contributed by atoms with Crippen LogP contribution >= 0.6 is 0 Å². The largest absolute Gasteiger partial charge is 0.493 e. The van der Waals surface area contributed by atoms with Crippen LogP contribution in [-0.2, 0) is 20.8 Å². The molecule has 0 saturated carbocycles. The highest BCUT2D eigenvalue weighted by Gasteiger charge is 2.23. The third kappa shape index (κ3) is 9.36. The first kappa shape index (κ1) is 39.7. The number of hydrogen-bond acceptors (Lipinski definition) is 9. The van der Waals surface area contributed by atoms with Crippen LogP contribution in [0.4, 0.5) is 15.9 Å². The molecule has 2 saturated heterocycles. The predicted molar refractivity (Wildman–Crippen MR) is 219 cm³/mol. The van der Waals surface area contributed by atoms with E-state index in [0.717, 1.165) is 48.0 Å². The minimum absolute atomic E-state index is 0.0151. The van der Waals surface area contributed by atoms with E-state index in [0.29, 0.717) is 80.3 Å². The molecule has 12 heteroatoms. The van der Waals surface area contributed by atoms with Crippen molar-refractivity contribution >= 4 is 23.0 Å². The van der Waals surface area contributed by atoms with Crippen LogP contribution in [0.3, 0.4) is 0 Å². The van der Waals surface area contributed by atoms with Crippen molar-refractivity contribution < 1.29 is 32.9 Å². The standard InChI is InChI=1S/C45H49FN4O7/c1-4-30-7-5-28(2)6-10-35(30)38-24-50(23-29-13-15-54-16-14-29)25-39(43(38)51)45(52)49-33-9-11-36(40(46)21-33)37-19-32(22-48-44(37)47)31-8-12-41(42(20-31)53-3)57-27-34-26-55-17-18-56-34/h5-6,8-12,19-22,24-25,29,34H,4,7,13-18,23,26-27H2,1-3H3,(H2,47,48)(H,49,52)/t34-/m1/s1. The Labute approximate surface area is 332 Å². The molecule has 1 amide bonds. The second-order valence-corrected chi connectivity index (χ2v) is 14.6. The summed E-state index contributed by atoms with van der Waals surface area (Å²) >= 11 is 0. The number of nitrogens with two attached hydrogens (primary N) is 1. The summed E-state index contributed by atoms with van der Waals surface area (Å²) in [6, 6.07) is 11.6. The molecule has 11 nitrogen and oxygen atoms in total. The van der Waals surface area contributed by atoms with E-state index in [4.69, 9.17) is 29.4 Å². The number of hydrogen-bond donors (Lipinski definition) is 2. The molecule has 0 spiro atoms. The summed E-state index contributed by atoms with van der Waals surface area (Å²) in [5.74, 6) is 0.294. The zero-order valence-electron chi connectivity index (χ0n) is 32.6. The Kier molecular flexibility index (Phi) is 12.6. The number of anilines is 2. The maximum absolute atomic E-state index is 16.0. The molecule has 2 aromatic heterocycles. The first-order valence-electron chi connectivity index (χ1n) is 19.5. The molecule has 57 heavy (non-hydrogen) atoms. The molecule has 2 fully saturated rings. The van der Waals surface area contributed by atoms with E-state index in [9.17, 15) is 9.59 Å². The van der Waals surface area contributed by atoms with Gasteiger partial charge in [-0.25, -0.2) is 9.37 Å². The maximum atomic E-state index is 16.0. The molecule has 0 radical (unpaired) electrons. The van der Waals surface area contributed by atoms with Crippen LogP contribution in [0.5, 0.6) is 11.5 Å². The van der Waals surface area contributed by atoms with Crippen molar-refractivity contribution in [3.63, 3.8) is 0 Å². The molecule has 1 atom stereocenters. The molecule has 298 valence electrons. The van der Waals surface area contributed by atoms with Crippen LogP contribution in [0, 0.1) is 11.7 Å². The molecule has 0 bridgehead atoms. The molecular formula is C45H49FN4O7. The molecule has 4 heterocycles. The lowest BCUT2D eigenvalue weighted by Crippen LogP contribution is -2.33. The summed E-state index contributed by atoms with van der Waals surface area (Å²) in [6.45, 7) is 7.98. The van der Waals surface area contributed by atoms with Crippen LogP contribution in [0.25, 0.3) is 27.8 Å². The number of pyridine rings is 2. The van der Waals surface area contributed by atoms with E-state index >= 15 is 4.39 Å². The van der Waals surface area contributed by atoms with Crippen molar-refractivity contribution in [1.29, 1.82) is 0 Å². The normalized spacial score (nSPS) is 17.5. The van der Waals surface area contributed by atoms with Gasteiger partial charge in [0, 0.05) is 66.3 Å². The predicted octanol–water partition coefficient (Wildman–Crippen LogP) is 7.85. The third-order valence-corrected chi connectivity index (χ3v) is 10.7. The van der Waals surface area contributed by atoms with Crippen LogP contribution in [-0.4, -0.2) is 68.3 Å². The van der Waals surface area contributed by atoms with E-state index in [1.165, 1.54) is 6.07 Å². The first-order valence-corrected chi connectivity index (χ1v) is 19.5. The van der Waals surface area contributed by atoms with Crippen molar-refractivity contribution in [3.05, 3.63) is 118 Å². The van der Waals surface area contributed by atoms with Crippen molar-refractivity contribution in [1.82, 2.24) is 9.55 Å². The topological polar surface area (TPSA) is 136 Å². The lowest BCUT2D eigenvalue weighted by atomic mass is 9.95. The van der Waals surface area contributed by atoms with Crippen LogP contribution < -0.4 is 26.0 Å². The van der Waals surface area contributed by atoms with E-state index < -0.39 is 11.7 Å². The number of amides is 1. The Morgan fingerprint density at radius 1 is 0.982 bits per heavy atom. The maximum Gasteiger partial charge on any atom is 0.261 e. The Morgan fingerprint density at radius 3 is 2.58 bits per heavy atom. The Balaban J connectivity index is 1.14. The summed E-state index contributed by atoms with van der Waals surface area (Å²) in [5.41, 5.74) is 11.6. The second kappa shape index (κ2) is 18.1. The monoisotopic (exact) mass is 776 g/mol. The van der Waals surface area contributed by atoms with Gasteiger partial charge in [0.2, 0.25) is 5.43 Å². The summed E-state index contributed by atoms with van der Waals surface area (Å²) in [7, 11) is 1.56. The number of halogens is 1. The highest BCUT2D eigenvalue weighted by atomic mass is 19.1.